The van der Waals surface area contributed by atoms with E-state index in [1.54, 1.807) is 22.5 Å². The van der Waals surface area contributed by atoms with E-state index >= 15 is 0 Å². The van der Waals surface area contributed by atoms with Gasteiger partial charge in [0.15, 0.2) is 0 Å². The summed E-state index contributed by atoms with van der Waals surface area (Å²) in [4.78, 5) is 0.213. The van der Waals surface area contributed by atoms with Gasteiger partial charge in [-0.2, -0.15) is 4.31 Å². The minimum absolute atomic E-state index is 0.213. The number of sulfonamides is 1. The Bertz CT molecular complexity index is 560. The summed E-state index contributed by atoms with van der Waals surface area (Å²) < 4.78 is 27.6. The van der Waals surface area contributed by atoms with Crippen LogP contribution in [0.25, 0.3) is 0 Å². The quantitative estimate of drug-likeness (QED) is 0.837. The van der Waals surface area contributed by atoms with E-state index in [9.17, 15) is 8.42 Å². The molecule has 4 nitrogen and oxygen atoms in total. The van der Waals surface area contributed by atoms with Crippen LogP contribution in [0.15, 0.2) is 27.6 Å². The first kappa shape index (κ1) is 14.8. The van der Waals surface area contributed by atoms with E-state index in [2.05, 4.69) is 22.9 Å². The first-order valence-electron chi connectivity index (χ1n) is 6.46. The summed E-state index contributed by atoms with van der Waals surface area (Å²) in [6, 6.07) is 4.92. The van der Waals surface area contributed by atoms with Crippen LogP contribution in [0.1, 0.15) is 26.2 Å². The number of hydrogen-bond acceptors (Lipinski definition) is 3. The highest BCUT2D eigenvalue weighted by Gasteiger charge is 2.28. The van der Waals surface area contributed by atoms with Crippen LogP contribution in [0.2, 0.25) is 0 Å². The molecule has 0 saturated carbocycles. The molecular formula is C13H19BrN2O2S. The normalized spacial score (nSPS) is 22.1. The molecular weight excluding hydrogens is 328 g/mol. The van der Waals surface area contributed by atoms with Gasteiger partial charge in [0.25, 0.3) is 0 Å². The van der Waals surface area contributed by atoms with Crippen molar-refractivity contribution in [2.45, 2.75) is 31.1 Å². The fourth-order valence-corrected chi connectivity index (χ4v) is 4.34. The van der Waals surface area contributed by atoms with Crippen LogP contribution in [-0.2, 0) is 10.0 Å². The molecule has 1 saturated heterocycles. The predicted octanol–water partition coefficient (Wildman–Crippen LogP) is 2.84. The lowest BCUT2D eigenvalue weighted by Crippen LogP contribution is -2.32. The highest BCUT2D eigenvalue weighted by molar-refractivity contribution is 9.10. The van der Waals surface area contributed by atoms with Gasteiger partial charge in [-0.3, -0.25) is 0 Å². The second kappa shape index (κ2) is 5.81. The van der Waals surface area contributed by atoms with Crippen LogP contribution >= 0.6 is 15.9 Å². The molecule has 0 bridgehead atoms. The molecule has 19 heavy (non-hydrogen) atoms. The van der Waals surface area contributed by atoms with Crippen molar-refractivity contribution < 1.29 is 8.42 Å². The van der Waals surface area contributed by atoms with Gasteiger partial charge in [-0.1, -0.05) is 22.9 Å². The van der Waals surface area contributed by atoms with E-state index < -0.39 is 10.0 Å². The van der Waals surface area contributed by atoms with Crippen molar-refractivity contribution in [1.82, 2.24) is 4.31 Å². The number of hydrogen-bond donors (Lipinski definition) is 1. The Labute approximate surface area is 123 Å². The van der Waals surface area contributed by atoms with E-state index in [1.165, 1.54) is 0 Å². The summed E-state index contributed by atoms with van der Waals surface area (Å²) in [5.74, 6) is 0.586. The first-order valence-corrected chi connectivity index (χ1v) is 8.70. The van der Waals surface area contributed by atoms with Crippen LogP contribution in [0, 0.1) is 5.92 Å². The summed E-state index contributed by atoms with van der Waals surface area (Å²) in [5.41, 5.74) is 6.14. The Morgan fingerprint density at radius 1 is 1.32 bits per heavy atom. The predicted molar refractivity (Wildman–Crippen MR) is 80.3 cm³/mol. The van der Waals surface area contributed by atoms with Gasteiger partial charge in [0.2, 0.25) is 10.0 Å². The van der Waals surface area contributed by atoms with Crippen molar-refractivity contribution in [1.29, 1.82) is 0 Å². The lowest BCUT2D eigenvalue weighted by molar-refractivity contribution is 0.417. The molecule has 1 fully saturated rings. The molecule has 1 heterocycles. The second-order valence-electron chi connectivity index (χ2n) is 5.12. The molecule has 1 aromatic rings. The Morgan fingerprint density at radius 2 is 2.05 bits per heavy atom. The lowest BCUT2D eigenvalue weighted by atomic mass is 10.0. The van der Waals surface area contributed by atoms with Gasteiger partial charge in [-0.05, 0) is 43.4 Å². The van der Waals surface area contributed by atoms with Gasteiger partial charge in [0.05, 0.1) is 5.69 Å². The molecule has 6 heteroatoms. The van der Waals surface area contributed by atoms with Gasteiger partial charge in [-0.25, -0.2) is 8.42 Å². The highest BCUT2D eigenvalue weighted by Crippen LogP contribution is 2.28. The molecule has 0 aromatic heterocycles. The van der Waals surface area contributed by atoms with Crippen molar-refractivity contribution in [2.24, 2.45) is 5.92 Å². The minimum atomic E-state index is -3.47. The zero-order valence-corrected chi connectivity index (χ0v) is 13.4. The van der Waals surface area contributed by atoms with Crippen molar-refractivity contribution in [3.63, 3.8) is 0 Å². The summed E-state index contributed by atoms with van der Waals surface area (Å²) in [6.45, 7) is 3.34. The Balaban J connectivity index is 2.31. The zero-order valence-electron chi connectivity index (χ0n) is 11.0. The maximum atomic E-state index is 12.6. The summed E-state index contributed by atoms with van der Waals surface area (Å²) in [6.07, 6.45) is 2.91. The largest absolute Gasteiger partial charge is 0.398 e. The van der Waals surface area contributed by atoms with Crippen molar-refractivity contribution in [3.05, 3.63) is 22.7 Å². The summed E-state index contributed by atoms with van der Waals surface area (Å²) >= 11 is 3.29. The molecule has 1 aromatic carbocycles. The van der Waals surface area contributed by atoms with E-state index in [0.29, 0.717) is 24.7 Å². The van der Waals surface area contributed by atoms with E-state index in [1.807, 2.05) is 0 Å². The number of nitrogens with two attached hydrogens (primary N) is 1. The maximum Gasteiger partial charge on any atom is 0.245 e. The van der Waals surface area contributed by atoms with E-state index in [-0.39, 0.29) is 4.90 Å². The van der Waals surface area contributed by atoms with Gasteiger partial charge >= 0.3 is 0 Å². The Morgan fingerprint density at radius 3 is 2.74 bits per heavy atom. The average molecular weight is 347 g/mol. The average Bonchev–Trinajstić information content (AvgIpc) is 2.53. The lowest BCUT2D eigenvalue weighted by Gasteiger charge is -2.21. The molecule has 2 rings (SSSR count). The minimum Gasteiger partial charge on any atom is -0.398 e. The van der Waals surface area contributed by atoms with Gasteiger partial charge in [0, 0.05) is 17.6 Å². The fraction of sp³-hybridized carbons (Fsp3) is 0.538. The molecule has 2 N–H and O–H groups in total. The number of halogens is 1. The number of nitrogen functional groups attached to an aromatic ring is 1. The molecule has 0 amide bonds. The summed E-state index contributed by atoms with van der Waals surface area (Å²) in [5, 5.41) is 0. The highest BCUT2D eigenvalue weighted by atomic mass is 79.9. The topological polar surface area (TPSA) is 63.4 Å². The van der Waals surface area contributed by atoms with E-state index in [4.69, 9.17) is 5.73 Å². The molecule has 1 aliphatic heterocycles. The number of nitrogens with zero attached hydrogens (tertiary/aromatic N) is 1. The monoisotopic (exact) mass is 346 g/mol. The molecule has 0 spiro atoms. The van der Waals surface area contributed by atoms with E-state index in [0.717, 1.165) is 23.7 Å². The number of benzene rings is 1. The van der Waals surface area contributed by atoms with Crippen LogP contribution in [0.4, 0.5) is 5.69 Å². The fourth-order valence-electron chi connectivity index (χ4n) is 2.37. The molecule has 1 aliphatic rings. The van der Waals surface area contributed by atoms with Crippen molar-refractivity contribution in [3.8, 4) is 0 Å². The van der Waals surface area contributed by atoms with Crippen LogP contribution in [-0.4, -0.2) is 25.8 Å². The maximum absolute atomic E-state index is 12.6. The second-order valence-corrected chi connectivity index (χ2v) is 7.94. The van der Waals surface area contributed by atoms with Crippen molar-refractivity contribution in [2.75, 3.05) is 18.8 Å². The Hall–Kier alpha value is -0.590. The smallest absolute Gasteiger partial charge is 0.245 e. The third kappa shape index (κ3) is 3.30. The molecule has 1 atom stereocenters. The van der Waals surface area contributed by atoms with Crippen LogP contribution in [0.5, 0.6) is 0 Å². The SMILES string of the molecule is CC1CCCN(S(=O)(=O)c2ccc(Br)cc2N)CC1. The van der Waals surface area contributed by atoms with Gasteiger partial charge in [0.1, 0.15) is 4.90 Å². The number of rotatable bonds is 2. The molecule has 0 radical (unpaired) electrons. The van der Waals surface area contributed by atoms with Gasteiger partial charge < -0.3 is 5.73 Å². The number of anilines is 1. The standard InChI is InChI=1S/C13H19BrN2O2S/c1-10-3-2-7-16(8-6-10)19(17,18)13-5-4-11(14)9-12(13)15/h4-5,9-10H,2-3,6-8,15H2,1H3. The van der Waals surface area contributed by atoms with Gasteiger partial charge in [-0.15, -0.1) is 0 Å². The van der Waals surface area contributed by atoms with Crippen LogP contribution in [0.3, 0.4) is 0 Å². The third-order valence-electron chi connectivity index (χ3n) is 3.57. The first-order chi connectivity index (χ1) is 8.91. The third-order valence-corrected chi connectivity index (χ3v) is 6.03. The molecule has 0 aliphatic carbocycles. The van der Waals surface area contributed by atoms with Crippen LogP contribution < -0.4 is 5.73 Å². The Kier molecular flexibility index (Phi) is 4.53. The molecule has 1 unspecified atom stereocenters. The van der Waals surface area contributed by atoms with Crippen molar-refractivity contribution >= 4 is 31.6 Å². The zero-order chi connectivity index (χ0) is 14.0. The molecule has 106 valence electrons. The summed E-state index contributed by atoms with van der Waals surface area (Å²) in [7, 11) is -3.47.